The van der Waals surface area contributed by atoms with Crippen LogP contribution in [0.5, 0.6) is 0 Å². The van der Waals surface area contributed by atoms with Crippen LogP contribution in [0.1, 0.15) is 40.0 Å². The summed E-state index contributed by atoms with van der Waals surface area (Å²) in [7, 11) is -2.99. The van der Waals surface area contributed by atoms with Gasteiger partial charge in [-0.15, -0.1) is 0 Å². The van der Waals surface area contributed by atoms with Crippen molar-refractivity contribution < 1.29 is 8.42 Å². The molecule has 0 aliphatic carbocycles. The predicted octanol–water partition coefficient (Wildman–Crippen LogP) is 1.19. The van der Waals surface area contributed by atoms with Gasteiger partial charge in [-0.05, 0) is 33.6 Å². The topological polar surface area (TPSA) is 49.4 Å². The molecule has 1 fully saturated rings. The molecular weight excluding hydrogens is 224 g/mol. The first-order chi connectivity index (χ1) is 7.33. The zero-order valence-electron chi connectivity index (χ0n) is 10.6. The molecule has 0 radical (unpaired) electrons. The van der Waals surface area contributed by atoms with Crippen LogP contribution in [0.3, 0.4) is 0 Å². The molecule has 5 heteroatoms. The summed E-state index contributed by atoms with van der Waals surface area (Å²) in [6.45, 7) is 7.86. The predicted molar refractivity (Wildman–Crippen MR) is 67.0 cm³/mol. The Morgan fingerprint density at radius 2 is 1.69 bits per heavy atom. The number of rotatable bonds is 4. The molecule has 0 unspecified atom stereocenters. The van der Waals surface area contributed by atoms with E-state index in [1.54, 1.807) is 20.8 Å². The third-order valence-corrected chi connectivity index (χ3v) is 5.60. The molecule has 0 aromatic carbocycles. The van der Waals surface area contributed by atoms with Crippen LogP contribution in [0.4, 0.5) is 0 Å². The Morgan fingerprint density at radius 3 is 2.19 bits per heavy atom. The lowest BCUT2D eigenvalue weighted by atomic mass is 10.2. The standard InChI is InChI=1S/C11H24N2O2S/c1-11(2,3)16(14,15)10-7-12-13-8-5-4-6-9-13/h12H,4-10H2,1-3H3. The van der Waals surface area contributed by atoms with Gasteiger partial charge in [0.25, 0.3) is 0 Å². The Hall–Kier alpha value is -0.130. The van der Waals surface area contributed by atoms with Gasteiger partial charge in [0.05, 0.1) is 10.5 Å². The second kappa shape index (κ2) is 5.47. The quantitative estimate of drug-likeness (QED) is 0.812. The molecule has 0 aromatic heterocycles. The fourth-order valence-electron chi connectivity index (χ4n) is 1.70. The lowest BCUT2D eigenvalue weighted by Gasteiger charge is -2.27. The Balaban J connectivity index is 2.29. The molecule has 1 N–H and O–H groups in total. The van der Waals surface area contributed by atoms with Crippen LogP contribution in [-0.4, -0.2) is 43.6 Å². The highest BCUT2D eigenvalue weighted by atomic mass is 32.2. The molecule has 0 spiro atoms. The number of sulfone groups is 1. The molecule has 1 aliphatic heterocycles. The van der Waals surface area contributed by atoms with Crippen LogP contribution in [0, 0.1) is 0 Å². The highest BCUT2D eigenvalue weighted by molar-refractivity contribution is 7.92. The van der Waals surface area contributed by atoms with Gasteiger partial charge >= 0.3 is 0 Å². The summed E-state index contributed by atoms with van der Waals surface area (Å²) in [5, 5.41) is 2.14. The highest BCUT2D eigenvalue weighted by Gasteiger charge is 2.28. The third kappa shape index (κ3) is 4.03. The summed E-state index contributed by atoms with van der Waals surface area (Å²) in [5.41, 5.74) is 3.20. The number of hydrogen-bond donors (Lipinski definition) is 1. The van der Waals surface area contributed by atoms with Gasteiger partial charge < -0.3 is 0 Å². The summed E-state index contributed by atoms with van der Waals surface area (Å²) < 4.78 is 23.0. The molecule has 0 aromatic rings. The minimum absolute atomic E-state index is 0.215. The van der Waals surface area contributed by atoms with E-state index in [2.05, 4.69) is 10.4 Å². The number of hydrazine groups is 1. The van der Waals surface area contributed by atoms with Gasteiger partial charge in [0.15, 0.2) is 9.84 Å². The summed E-state index contributed by atoms with van der Waals surface area (Å²) in [6.07, 6.45) is 3.70. The Morgan fingerprint density at radius 1 is 1.12 bits per heavy atom. The fourth-order valence-corrected chi connectivity index (χ4v) is 2.67. The van der Waals surface area contributed by atoms with Crippen LogP contribution >= 0.6 is 0 Å². The summed E-state index contributed by atoms with van der Waals surface area (Å²) in [5.74, 6) is 0.215. The molecule has 1 aliphatic rings. The van der Waals surface area contributed by atoms with Gasteiger partial charge in [0, 0.05) is 19.6 Å². The number of nitrogens with one attached hydrogen (secondary N) is 1. The average Bonchev–Trinajstić information content (AvgIpc) is 2.17. The first-order valence-electron chi connectivity index (χ1n) is 6.04. The molecule has 96 valence electrons. The van der Waals surface area contributed by atoms with E-state index < -0.39 is 14.6 Å². The van der Waals surface area contributed by atoms with E-state index in [9.17, 15) is 8.42 Å². The van der Waals surface area contributed by atoms with Gasteiger partial charge in [-0.2, -0.15) is 0 Å². The van der Waals surface area contributed by atoms with Crippen molar-refractivity contribution in [2.75, 3.05) is 25.4 Å². The summed E-state index contributed by atoms with van der Waals surface area (Å²) >= 11 is 0. The minimum atomic E-state index is -2.99. The fraction of sp³-hybridized carbons (Fsp3) is 1.00. The molecule has 0 bridgehead atoms. The van der Waals surface area contributed by atoms with Crippen LogP contribution in [0.15, 0.2) is 0 Å². The average molecular weight is 248 g/mol. The molecule has 4 nitrogen and oxygen atoms in total. The smallest absolute Gasteiger partial charge is 0.156 e. The van der Waals surface area contributed by atoms with E-state index in [-0.39, 0.29) is 5.75 Å². The Kier molecular flexibility index (Phi) is 4.76. The van der Waals surface area contributed by atoms with Crippen molar-refractivity contribution in [1.82, 2.24) is 10.4 Å². The SMILES string of the molecule is CC(C)(C)S(=O)(=O)CCNN1CCCCC1. The van der Waals surface area contributed by atoms with Gasteiger partial charge in [-0.3, -0.25) is 5.43 Å². The Bertz CT molecular complexity index is 300. The van der Waals surface area contributed by atoms with Crippen molar-refractivity contribution >= 4 is 9.84 Å². The van der Waals surface area contributed by atoms with Crippen LogP contribution in [-0.2, 0) is 9.84 Å². The van der Waals surface area contributed by atoms with Crippen LogP contribution < -0.4 is 5.43 Å². The Labute approximate surface area is 99.3 Å². The maximum atomic E-state index is 11.8. The monoisotopic (exact) mass is 248 g/mol. The molecule has 1 heterocycles. The van der Waals surface area contributed by atoms with Crippen molar-refractivity contribution in [3.05, 3.63) is 0 Å². The first kappa shape index (κ1) is 13.9. The van der Waals surface area contributed by atoms with Gasteiger partial charge in [-0.1, -0.05) is 6.42 Å². The molecule has 16 heavy (non-hydrogen) atoms. The second-order valence-corrected chi connectivity index (χ2v) is 8.25. The number of hydrogen-bond acceptors (Lipinski definition) is 4. The second-order valence-electron chi connectivity index (χ2n) is 5.39. The number of nitrogens with zero attached hydrogens (tertiary/aromatic N) is 1. The van der Waals surface area contributed by atoms with Crippen molar-refractivity contribution in [1.29, 1.82) is 0 Å². The van der Waals surface area contributed by atoms with Gasteiger partial charge in [-0.25, -0.2) is 13.4 Å². The van der Waals surface area contributed by atoms with E-state index >= 15 is 0 Å². The van der Waals surface area contributed by atoms with Crippen molar-refractivity contribution in [2.24, 2.45) is 0 Å². The molecule has 0 atom stereocenters. The van der Waals surface area contributed by atoms with Crippen LogP contribution in [0.2, 0.25) is 0 Å². The maximum Gasteiger partial charge on any atom is 0.156 e. The van der Waals surface area contributed by atoms with E-state index in [0.29, 0.717) is 6.54 Å². The van der Waals surface area contributed by atoms with Crippen molar-refractivity contribution in [2.45, 2.75) is 44.8 Å². The van der Waals surface area contributed by atoms with E-state index in [1.807, 2.05) is 0 Å². The largest absolute Gasteiger partial charge is 0.254 e. The van der Waals surface area contributed by atoms with Crippen LogP contribution in [0.25, 0.3) is 0 Å². The molecular formula is C11H24N2O2S. The van der Waals surface area contributed by atoms with E-state index in [0.717, 1.165) is 13.1 Å². The number of piperidine rings is 1. The highest BCUT2D eigenvalue weighted by Crippen LogP contribution is 2.15. The van der Waals surface area contributed by atoms with Crippen molar-refractivity contribution in [3.63, 3.8) is 0 Å². The molecule has 0 amide bonds. The summed E-state index contributed by atoms with van der Waals surface area (Å²) in [4.78, 5) is 0. The lowest BCUT2D eigenvalue weighted by Crippen LogP contribution is -2.45. The molecule has 0 saturated carbocycles. The third-order valence-electron chi connectivity index (χ3n) is 3.00. The van der Waals surface area contributed by atoms with E-state index in [1.165, 1.54) is 19.3 Å². The molecule has 1 rings (SSSR count). The minimum Gasteiger partial charge on any atom is -0.254 e. The van der Waals surface area contributed by atoms with Crippen molar-refractivity contribution in [3.8, 4) is 0 Å². The maximum absolute atomic E-state index is 11.8. The normalized spacial score (nSPS) is 19.9. The zero-order chi connectivity index (χ0) is 12.2. The van der Waals surface area contributed by atoms with E-state index in [4.69, 9.17) is 0 Å². The first-order valence-corrected chi connectivity index (χ1v) is 7.69. The lowest BCUT2D eigenvalue weighted by molar-refractivity contribution is 0.159. The van der Waals surface area contributed by atoms with Gasteiger partial charge in [0.2, 0.25) is 0 Å². The summed E-state index contributed by atoms with van der Waals surface area (Å²) in [6, 6.07) is 0. The zero-order valence-corrected chi connectivity index (χ0v) is 11.4. The van der Waals surface area contributed by atoms with Gasteiger partial charge in [0.1, 0.15) is 0 Å². The molecule has 1 saturated heterocycles.